The summed E-state index contributed by atoms with van der Waals surface area (Å²) in [6.45, 7) is 4.23. The van der Waals surface area contributed by atoms with Crippen molar-refractivity contribution in [3.05, 3.63) is 76.9 Å². The Morgan fingerprint density at radius 2 is 0.712 bits per heavy atom. The number of nitrogens with zero attached hydrogens (tertiary/aromatic N) is 1. The van der Waals surface area contributed by atoms with Crippen molar-refractivity contribution in [2.75, 3.05) is 0 Å². The first-order chi connectivity index (χ1) is 27.3. The molecule has 0 fully saturated rings. The minimum atomic E-state index is -1.20. The molecule has 40 radical (unpaired) electrons. The number of aromatic nitrogens is 1. The van der Waals surface area contributed by atoms with Gasteiger partial charge in [0, 0.05) is 292 Å². The molecule has 1 nitrogen and oxygen atoms in total. The molecule has 0 aliphatic rings. The van der Waals surface area contributed by atoms with Gasteiger partial charge in [-0.3, -0.25) is 4.98 Å². The predicted octanol–water partition coefficient (Wildman–Crippen LogP) is -8.78. The summed E-state index contributed by atoms with van der Waals surface area (Å²) in [5, 5.41) is 0.742. The predicted molar refractivity (Wildman–Crippen MR) is 308 cm³/mol. The van der Waals surface area contributed by atoms with Gasteiger partial charge in [0.1, 0.15) is 0 Å². The topological polar surface area (TPSA) is 12.9 Å². The lowest BCUT2D eigenvalue weighted by molar-refractivity contribution is 1.28. The van der Waals surface area contributed by atoms with Gasteiger partial charge >= 0.3 is 0 Å². The molecule has 0 saturated carbocycles. The maximum absolute atomic E-state index is 6.24. The molecular formula is C19H16B38ClN. The van der Waals surface area contributed by atoms with E-state index in [1.54, 1.807) is 0 Å². The van der Waals surface area contributed by atoms with E-state index in [9.17, 15) is 0 Å². The summed E-state index contributed by atoms with van der Waals surface area (Å²) in [6, 6.07) is 18.4. The molecule has 0 aliphatic carbocycles. The monoisotopic (exact) mass is 711 g/mol. The number of benzene rings is 2. The highest BCUT2D eigenvalue weighted by Crippen LogP contribution is 2.28. The van der Waals surface area contributed by atoms with Crippen molar-refractivity contribution in [1.82, 2.24) is 4.98 Å². The molecule has 3 aromatic rings. The molecule has 0 unspecified atom stereocenters. The standard InChI is InChI=1S/C19H16ClN.B38/c1-13-4-3-5-16(10-13)18-12-21-19(11-14(18)2)15-6-8-17(20)9-7-15;1-21(2)31(22(3)4)36(32(23(5)6)24(7)8)38(35(29(17)18)30(19)20)37(33(25(9)10)26(11)12)34(27(13)14)28(15)16/h3-12H,1-2H3;. The third-order valence-electron chi connectivity index (χ3n) is 11.1. The third kappa shape index (κ3) is 15.5. The van der Waals surface area contributed by atoms with Gasteiger partial charge in [-0.2, -0.15) is 0 Å². The van der Waals surface area contributed by atoms with Crippen LogP contribution in [0.25, 0.3) is 22.4 Å². The fraction of sp³-hybridized carbons (Fsp3) is 0.105. The lowest BCUT2D eigenvalue weighted by atomic mass is 8.28. The fourth-order valence-corrected chi connectivity index (χ4v) is 8.73. The summed E-state index contributed by atoms with van der Waals surface area (Å²) in [5.74, 6) is 0. The van der Waals surface area contributed by atoms with Crippen LogP contribution in [0.3, 0.4) is 0 Å². The first kappa shape index (κ1) is 55.5. The normalized spacial score (nSPS) is 9.95. The van der Waals surface area contributed by atoms with E-state index in [-0.39, 0.29) is 0 Å². The van der Waals surface area contributed by atoms with Crippen molar-refractivity contribution in [2.45, 2.75) is 13.8 Å². The van der Waals surface area contributed by atoms with Gasteiger partial charge in [0.05, 0.1) is 5.69 Å². The van der Waals surface area contributed by atoms with Crippen LogP contribution in [0.4, 0.5) is 0 Å². The Hall–Kier alpha value is 0.348. The third-order valence-corrected chi connectivity index (χ3v) is 11.4. The Bertz CT molecular complexity index is 1550. The van der Waals surface area contributed by atoms with Crippen molar-refractivity contribution < 1.29 is 0 Å². The lowest BCUT2D eigenvalue weighted by Crippen LogP contribution is -2.92. The average molecular weight is 705 g/mol. The van der Waals surface area contributed by atoms with Gasteiger partial charge in [0.25, 0.3) is 0 Å². The highest BCUT2D eigenvalue weighted by atomic mass is 35.5. The summed E-state index contributed by atoms with van der Waals surface area (Å²) in [6.07, 6.45) is -18.1. The van der Waals surface area contributed by atoms with Crippen LogP contribution in [0.1, 0.15) is 11.1 Å². The molecule has 2 aromatic carbocycles. The van der Waals surface area contributed by atoms with Crippen LogP contribution in [0.2, 0.25) is 5.02 Å². The van der Waals surface area contributed by atoms with Crippen LogP contribution in [0.15, 0.2) is 60.8 Å². The highest BCUT2D eigenvalue weighted by Gasteiger charge is 2.56. The zero-order valence-electron chi connectivity index (χ0n) is 34.0. The molecule has 0 saturated heterocycles. The zero-order chi connectivity index (χ0) is 45.2. The maximum Gasteiger partial charge on any atom is 0.0705 e. The molecule has 1 heterocycles. The quantitative estimate of drug-likeness (QED) is 0.113. The van der Waals surface area contributed by atoms with Gasteiger partial charge in [-0.05, 0) is 43.2 Å². The number of aryl methyl sites for hydroxylation is 2. The van der Waals surface area contributed by atoms with E-state index in [0.717, 1.165) is 16.3 Å². The van der Waals surface area contributed by atoms with Crippen LogP contribution >= 0.6 is 11.6 Å². The van der Waals surface area contributed by atoms with Crippen molar-refractivity contribution in [3.63, 3.8) is 0 Å². The Morgan fingerprint density at radius 3 is 1.00 bits per heavy atom. The van der Waals surface area contributed by atoms with Crippen LogP contribution < -0.4 is 0 Å². The molecular weight excluding hydrogens is 689 g/mol. The zero-order valence-corrected chi connectivity index (χ0v) is 34.8. The highest BCUT2D eigenvalue weighted by molar-refractivity contribution is 8.31. The molecule has 59 heavy (non-hydrogen) atoms. The summed E-state index contributed by atoms with van der Waals surface area (Å²) >= 11 is 5.93. The molecule has 0 aliphatic heterocycles. The van der Waals surface area contributed by atoms with Crippen LogP contribution in [-0.4, -0.2) is 275 Å². The van der Waals surface area contributed by atoms with Gasteiger partial charge in [-0.25, -0.2) is 0 Å². The SMILES string of the molecule is Cc1cccc(-c2cnc(-c3ccc(Cl)cc3)cc2C)c1.[B]B([B])B(B([B])[B])B(B(B([B])[B])B([B])[B])B(B(B([B])[B])B([B])[B])B(B(B([B])[B])B([B])[B])B(B([B])[B])B([B])[B]. The minimum Gasteiger partial charge on any atom is -0.256 e. The van der Waals surface area contributed by atoms with E-state index in [1.807, 2.05) is 30.5 Å². The van der Waals surface area contributed by atoms with Crippen molar-refractivity contribution in [3.8, 4) is 22.4 Å². The Morgan fingerprint density at radius 1 is 0.390 bits per heavy atom. The fourth-order valence-electron chi connectivity index (χ4n) is 8.61. The number of halogens is 1. The van der Waals surface area contributed by atoms with Crippen molar-refractivity contribution >= 4 is 281 Å². The summed E-state index contributed by atoms with van der Waals surface area (Å²) < 4.78 is 0. The number of hydrogen-bond acceptors (Lipinski definition) is 1. The Balaban J connectivity index is 0.000000473. The second-order valence-electron chi connectivity index (χ2n) is 15.7. The average Bonchev–Trinajstić information content (AvgIpc) is 3.09. The first-order valence-electron chi connectivity index (χ1n) is 19.3. The summed E-state index contributed by atoms with van der Waals surface area (Å²) in [5.41, 5.74) is 6.92. The van der Waals surface area contributed by atoms with Gasteiger partial charge in [0.15, 0.2) is 0 Å². The second kappa shape index (κ2) is 25.7. The van der Waals surface area contributed by atoms with Crippen LogP contribution in [0, 0.1) is 13.8 Å². The van der Waals surface area contributed by atoms with Crippen molar-refractivity contribution in [1.29, 1.82) is 0 Å². The van der Waals surface area contributed by atoms with Gasteiger partial charge in [0.2, 0.25) is 0 Å². The Kier molecular flexibility index (Phi) is 24.2. The lowest BCUT2D eigenvalue weighted by Gasteiger charge is -2.53. The van der Waals surface area contributed by atoms with Crippen LogP contribution in [0.5, 0.6) is 0 Å². The maximum atomic E-state index is 6.24. The minimum absolute atomic E-state index is 0.742. The van der Waals surface area contributed by atoms with E-state index in [2.05, 4.69) is 49.2 Å². The first-order valence-corrected chi connectivity index (χ1v) is 19.6. The molecule has 3 rings (SSSR count). The molecule has 0 atom stereocenters. The van der Waals surface area contributed by atoms with E-state index >= 15 is 0 Å². The molecule has 40 heteroatoms. The van der Waals surface area contributed by atoms with E-state index in [4.69, 9.17) is 166 Å². The van der Waals surface area contributed by atoms with Gasteiger partial charge < -0.3 is 0 Å². The van der Waals surface area contributed by atoms with E-state index < -0.39 is 115 Å². The largest absolute Gasteiger partial charge is 0.256 e. The molecule has 0 amide bonds. The van der Waals surface area contributed by atoms with E-state index in [0.29, 0.717) is 0 Å². The van der Waals surface area contributed by atoms with Gasteiger partial charge in [-0.15, -0.1) is 0 Å². The van der Waals surface area contributed by atoms with E-state index in [1.165, 1.54) is 22.3 Å². The molecule has 0 spiro atoms. The number of pyridine rings is 1. The van der Waals surface area contributed by atoms with Crippen molar-refractivity contribution in [2.24, 2.45) is 0 Å². The number of hydrogen-bond donors (Lipinski definition) is 0. The number of rotatable bonds is 19. The molecule has 0 N–H and O–H groups in total. The van der Waals surface area contributed by atoms with Gasteiger partial charge in [-0.1, -0.05) is 53.6 Å². The molecule has 1 aromatic heterocycles. The second-order valence-corrected chi connectivity index (χ2v) is 16.1. The van der Waals surface area contributed by atoms with Crippen LogP contribution in [-0.2, 0) is 0 Å². The Labute approximate surface area is 396 Å². The summed E-state index contributed by atoms with van der Waals surface area (Å²) in [7, 11) is 124. The smallest absolute Gasteiger partial charge is 0.0705 e. The summed E-state index contributed by atoms with van der Waals surface area (Å²) in [4.78, 5) is 4.60. The molecule has 0 bridgehead atoms. The molecule has 218 valence electrons.